The van der Waals surface area contributed by atoms with Crippen LogP contribution in [0.3, 0.4) is 0 Å². The SMILES string of the molecule is Cc1cccc(NC(=O)Nc2cccc(NC(=O)Nc3cccc(C)n3)c2)n1. The second-order valence-electron chi connectivity index (χ2n) is 6.07. The Bertz CT molecular complexity index is 928. The van der Waals surface area contributed by atoms with Gasteiger partial charge >= 0.3 is 12.1 Å². The van der Waals surface area contributed by atoms with Crippen LogP contribution in [0.25, 0.3) is 0 Å². The van der Waals surface area contributed by atoms with Gasteiger partial charge < -0.3 is 10.6 Å². The molecule has 1 aromatic carbocycles. The van der Waals surface area contributed by atoms with Gasteiger partial charge in [-0.25, -0.2) is 19.6 Å². The number of hydrogen-bond acceptors (Lipinski definition) is 4. The molecule has 8 heteroatoms. The molecule has 0 fully saturated rings. The van der Waals surface area contributed by atoms with Crippen LogP contribution in [0.15, 0.2) is 60.7 Å². The van der Waals surface area contributed by atoms with Crippen LogP contribution in [0, 0.1) is 13.8 Å². The number of aromatic nitrogens is 2. The lowest BCUT2D eigenvalue weighted by molar-refractivity contribution is 0.261. The van der Waals surface area contributed by atoms with Crippen molar-refractivity contribution >= 4 is 35.1 Å². The summed E-state index contributed by atoms with van der Waals surface area (Å²) in [5.41, 5.74) is 2.66. The first-order valence-corrected chi connectivity index (χ1v) is 8.61. The number of rotatable bonds is 4. The van der Waals surface area contributed by atoms with E-state index in [1.807, 2.05) is 38.1 Å². The summed E-state index contributed by atoms with van der Waals surface area (Å²) < 4.78 is 0. The predicted molar refractivity (Wildman–Crippen MR) is 110 cm³/mol. The standard InChI is InChI=1S/C20H20N6O2/c1-13-6-3-10-17(21-13)25-19(27)23-15-8-5-9-16(12-15)24-20(28)26-18-11-4-7-14(2)22-18/h3-12H,1-2H3,(H2,21,23,25,27)(H2,22,24,26,28). The van der Waals surface area contributed by atoms with E-state index in [2.05, 4.69) is 31.2 Å². The Morgan fingerprint density at radius 3 is 1.50 bits per heavy atom. The van der Waals surface area contributed by atoms with Crippen molar-refractivity contribution in [3.8, 4) is 0 Å². The summed E-state index contributed by atoms with van der Waals surface area (Å²) in [7, 11) is 0. The molecule has 142 valence electrons. The van der Waals surface area contributed by atoms with Gasteiger partial charge in [0, 0.05) is 22.8 Å². The minimum atomic E-state index is -0.427. The number of anilines is 4. The quantitative estimate of drug-likeness (QED) is 0.542. The molecule has 0 bridgehead atoms. The number of benzene rings is 1. The zero-order valence-electron chi connectivity index (χ0n) is 15.5. The van der Waals surface area contributed by atoms with E-state index in [1.54, 1.807) is 36.4 Å². The van der Waals surface area contributed by atoms with E-state index in [1.165, 1.54) is 0 Å². The van der Waals surface area contributed by atoms with Gasteiger partial charge in [0.15, 0.2) is 0 Å². The van der Waals surface area contributed by atoms with Gasteiger partial charge in [0.1, 0.15) is 11.6 Å². The molecular formula is C20H20N6O2. The Balaban J connectivity index is 1.58. The summed E-state index contributed by atoms with van der Waals surface area (Å²) in [4.78, 5) is 32.7. The Hall–Kier alpha value is -3.94. The van der Waals surface area contributed by atoms with Gasteiger partial charge in [0.25, 0.3) is 0 Å². The van der Waals surface area contributed by atoms with Crippen molar-refractivity contribution in [2.24, 2.45) is 0 Å². The first-order valence-electron chi connectivity index (χ1n) is 8.61. The first kappa shape index (κ1) is 18.8. The number of carbonyl (C=O) groups is 2. The molecule has 4 amide bonds. The molecule has 28 heavy (non-hydrogen) atoms. The van der Waals surface area contributed by atoms with Gasteiger partial charge in [-0.15, -0.1) is 0 Å². The van der Waals surface area contributed by atoms with Crippen LogP contribution in [0.2, 0.25) is 0 Å². The number of nitrogens with one attached hydrogen (secondary N) is 4. The van der Waals surface area contributed by atoms with Gasteiger partial charge in [-0.3, -0.25) is 10.6 Å². The highest BCUT2D eigenvalue weighted by molar-refractivity contribution is 6.01. The minimum Gasteiger partial charge on any atom is -0.308 e. The maximum Gasteiger partial charge on any atom is 0.324 e. The summed E-state index contributed by atoms with van der Waals surface area (Å²) in [6, 6.07) is 16.7. The van der Waals surface area contributed by atoms with Gasteiger partial charge in [0.2, 0.25) is 0 Å². The molecule has 2 heterocycles. The van der Waals surface area contributed by atoms with Crippen molar-refractivity contribution in [2.75, 3.05) is 21.3 Å². The average molecular weight is 376 g/mol. The third-order valence-electron chi connectivity index (χ3n) is 3.64. The number of pyridine rings is 2. The fourth-order valence-corrected chi connectivity index (χ4v) is 2.46. The Kier molecular flexibility index (Phi) is 5.81. The zero-order valence-corrected chi connectivity index (χ0v) is 15.5. The number of hydrogen-bond donors (Lipinski definition) is 4. The van der Waals surface area contributed by atoms with Crippen LogP contribution in [-0.2, 0) is 0 Å². The summed E-state index contributed by atoms with van der Waals surface area (Å²) >= 11 is 0. The molecule has 0 atom stereocenters. The molecular weight excluding hydrogens is 356 g/mol. The van der Waals surface area contributed by atoms with Crippen molar-refractivity contribution in [1.29, 1.82) is 0 Å². The number of aryl methyl sites for hydroxylation is 2. The fraction of sp³-hybridized carbons (Fsp3) is 0.100. The van der Waals surface area contributed by atoms with Crippen LogP contribution in [0.5, 0.6) is 0 Å². The molecule has 0 saturated heterocycles. The molecule has 3 aromatic rings. The fourth-order valence-electron chi connectivity index (χ4n) is 2.46. The maximum absolute atomic E-state index is 12.1. The molecule has 0 aliphatic heterocycles. The largest absolute Gasteiger partial charge is 0.324 e. The number of amides is 4. The van der Waals surface area contributed by atoms with Crippen LogP contribution in [0.4, 0.5) is 32.6 Å². The van der Waals surface area contributed by atoms with E-state index in [9.17, 15) is 9.59 Å². The lowest BCUT2D eigenvalue weighted by Crippen LogP contribution is -2.21. The maximum atomic E-state index is 12.1. The molecule has 4 N–H and O–H groups in total. The predicted octanol–water partition coefficient (Wildman–Crippen LogP) is 4.38. The van der Waals surface area contributed by atoms with Crippen molar-refractivity contribution in [3.63, 3.8) is 0 Å². The van der Waals surface area contributed by atoms with Crippen LogP contribution >= 0.6 is 0 Å². The van der Waals surface area contributed by atoms with E-state index in [0.717, 1.165) is 11.4 Å². The van der Waals surface area contributed by atoms with E-state index >= 15 is 0 Å². The normalized spacial score (nSPS) is 10.1. The third-order valence-corrected chi connectivity index (χ3v) is 3.64. The van der Waals surface area contributed by atoms with E-state index in [0.29, 0.717) is 23.0 Å². The van der Waals surface area contributed by atoms with Crippen LogP contribution < -0.4 is 21.3 Å². The molecule has 0 aliphatic rings. The van der Waals surface area contributed by atoms with Crippen molar-refractivity contribution in [1.82, 2.24) is 9.97 Å². The van der Waals surface area contributed by atoms with Crippen LogP contribution in [0.1, 0.15) is 11.4 Å². The number of nitrogens with zero attached hydrogens (tertiary/aromatic N) is 2. The van der Waals surface area contributed by atoms with Gasteiger partial charge in [0.05, 0.1) is 0 Å². The molecule has 0 unspecified atom stereocenters. The second kappa shape index (κ2) is 8.63. The van der Waals surface area contributed by atoms with Crippen molar-refractivity contribution in [2.45, 2.75) is 13.8 Å². The molecule has 0 aliphatic carbocycles. The Morgan fingerprint density at radius 2 is 1.07 bits per heavy atom. The van der Waals surface area contributed by atoms with Crippen molar-refractivity contribution in [3.05, 3.63) is 72.1 Å². The smallest absolute Gasteiger partial charge is 0.308 e. The Labute approximate surface area is 162 Å². The van der Waals surface area contributed by atoms with E-state index in [4.69, 9.17) is 0 Å². The van der Waals surface area contributed by atoms with E-state index < -0.39 is 12.1 Å². The summed E-state index contributed by atoms with van der Waals surface area (Å²) in [5, 5.41) is 10.7. The molecule has 0 saturated carbocycles. The van der Waals surface area contributed by atoms with Gasteiger partial charge in [-0.2, -0.15) is 0 Å². The molecule has 0 spiro atoms. The summed E-state index contributed by atoms with van der Waals surface area (Å²) in [5.74, 6) is 0.911. The molecule has 3 rings (SSSR count). The van der Waals surface area contributed by atoms with E-state index in [-0.39, 0.29) is 0 Å². The number of carbonyl (C=O) groups excluding carboxylic acids is 2. The topological polar surface area (TPSA) is 108 Å². The van der Waals surface area contributed by atoms with Crippen molar-refractivity contribution < 1.29 is 9.59 Å². The average Bonchev–Trinajstić information content (AvgIpc) is 2.61. The number of urea groups is 2. The monoisotopic (exact) mass is 376 g/mol. The van der Waals surface area contributed by atoms with Crippen LogP contribution in [-0.4, -0.2) is 22.0 Å². The summed E-state index contributed by atoms with van der Waals surface area (Å²) in [6.07, 6.45) is 0. The molecule has 0 radical (unpaired) electrons. The highest BCUT2D eigenvalue weighted by Crippen LogP contribution is 2.16. The zero-order chi connectivity index (χ0) is 19.9. The lowest BCUT2D eigenvalue weighted by Gasteiger charge is -2.10. The third kappa shape index (κ3) is 5.53. The lowest BCUT2D eigenvalue weighted by atomic mass is 10.3. The van der Waals surface area contributed by atoms with Gasteiger partial charge in [-0.05, 0) is 56.3 Å². The first-order chi connectivity index (χ1) is 13.5. The highest BCUT2D eigenvalue weighted by Gasteiger charge is 2.07. The summed E-state index contributed by atoms with van der Waals surface area (Å²) in [6.45, 7) is 3.69. The second-order valence-corrected chi connectivity index (χ2v) is 6.07. The Morgan fingerprint density at radius 1 is 0.643 bits per heavy atom. The minimum absolute atomic E-state index is 0.427. The van der Waals surface area contributed by atoms with Gasteiger partial charge in [-0.1, -0.05) is 18.2 Å². The molecule has 2 aromatic heterocycles. The highest BCUT2D eigenvalue weighted by atomic mass is 16.2. The molecule has 8 nitrogen and oxygen atoms in total.